The van der Waals surface area contributed by atoms with Crippen molar-refractivity contribution in [2.24, 2.45) is 0 Å². The molecule has 3 fully saturated rings. The summed E-state index contributed by atoms with van der Waals surface area (Å²) in [4.78, 5) is 35.9. The van der Waals surface area contributed by atoms with Gasteiger partial charge in [0.05, 0.1) is 32.5 Å². The molecule has 46 heavy (non-hydrogen) atoms. The number of alkyl halides is 9. The fourth-order valence-corrected chi connectivity index (χ4v) is 4.19. The number of hydrogen-bond donors (Lipinski definition) is 3. The van der Waals surface area contributed by atoms with Crippen molar-refractivity contribution in [1.29, 1.82) is 0 Å². The van der Waals surface area contributed by atoms with Crippen LogP contribution in [-0.4, -0.2) is 137 Å². The average Bonchev–Trinajstić information content (AvgIpc) is 3.22. The molecule has 264 valence electrons. The van der Waals surface area contributed by atoms with Gasteiger partial charge < -0.3 is 29.5 Å². The van der Waals surface area contributed by atoms with Gasteiger partial charge in [0, 0.05) is 51.7 Å². The van der Waals surface area contributed by atoms with Crippen molar-refractivity contribution in [2.75, 3.05) is 59.2 Å². The summed E-state index contributed by atoms with van der Waals surface area (Å²) in [6, 6.07) is 4.14. The van der Waals surface area contributed by atoms with Crippen LogP contribution in [0.5, 0.6) is 0 Å². The molecule has 2 unspecified atom stereocenters. The molecule has 0 radical (unpaired) electrons. The number of pyridine rings is 1. The largest absolute Gasteiger partial charge is 0.490 e. The van der Waals surface area contributed by atoms with Gasteiger partial charge in [-0.1, -0.05) is 6.07 Å². The number of nitrogens with zero attached hydrogens (tertiary/aromatic N) is 3. The monoisotopic (exact) mass is 689 g/mol. The quantitative estimate of drug-likeness (QED) is 0.398. The summed E-state index contributed by atoms with van der Waals surface area (Å²) in [6.07, 6.45) is -8.94. The molecule has 0 saturated carbocycles. The maximum absolute atomic E-state index is 10.6. The Morgan fingerprint density at radius 2 is 1.30 bits per heavy atom. The summed E-state index contributed by atoms with van der Waals surface area (Å²) < 4.78 is 113. The zero-order valence-corrected chi connectivity index (χ0v) is 23.9. The van der Waals surface area contributed by atoms with Crippen LogP contribution >= 0.6 is 0 Å². The van der Waals surface area contributed by atoms with Gasteiger partial charge in [0.15, 0.2) is 0 Å². The minimum Gasteiger partial charge on any atom is -0.475 e. The Morgan fingerprint density at radius 3 is 1.76 bits per heavy atom. The fraction of sp³-hybridized carbons (Fsp3) is 0.680. The molecule has 3 saturated heterocycles. The van der Waals surface area contributed by atoms with Gasteiger partial charge in [0.1, 0.15) is 5.60 Å². The zero-order valence-electron chi connectivity index (χ0n) is 23.9. The number of ether oxygens (including phenoxy) is 3. The Labute approximate surface area is 255 Å². The number of carboxylic acids is 3. The van der Waals surface area contributed by atoms with E-state index in [1.165, 1.54) is 5.56 Å². The van der Waals surface area contributed by atoms with Crippen LogP contribution in [0.3, 0.4) is 0 Å². The molecule has 3 N–H and O–H groups in total. The van der Waals surface area contributed by atoms with Crippen molar-refractivity contribution in [3.05, 3.63) is 30.1 Å². The lowest BCUT2D eigenvalue weighted by molar-refractivity contribution is -0.193. The molecule has 3 aliphatic heterocycles. The van der Waals surface area contributed by atoms with Gasteiger partial charge in [-0.25, -0.2) is 14.4 Å². The standard InChI is InChI=1S/C19H29N3O3.3C2HF3O2/c1-2-17(12-20-5-1)13-22-8-11-24-16-19(15-22)4-3-18(25-19)14-21-6-9-23-10-7-21;3*3-2(4,5)1(6)7/h1-2,5,12,18H,3-4,6-11,13-16H2;3*(H,6,7). The lowest BCUT2D eigenvalue weighted by Crippen LogP contribution is -2.46. The molecule has 1 aromatic heterocycles. The number of hydrogen-bond acceptors (Lipinski definition) is 9. The topological polar surface area (TPSA) is 159 Å². The predicted octanol–water partition coefficient (Wildman–Crippen LogP) is 3.06. The molecule has 2 atom stereocenters. The predicted molar refractivity (Wildman–Crippen MR) is 136 cm³/mol. The van der Waals surface area contributed by atoms with Crippen LogP contribution in [-0.2, 0) is 35.1 Å². The second-order valence-corrected chi connectivity index (χ2v) is 9.91. The summed E-state index contributed by atoms with van der Waals surface area (Å²) in [5.74, 6) is -8.27. The summed E-state index contributed by atoms with van der Waals surface area (Å²) in [5.41, 5.74) is 1.11. The third-order valence-electron chi connectivity index (χ3n) is 6.19. The van der Waals surface area contributed by atoms with E-state index in [9.17, 15) is 39.5 Å². The van der Waals surface area contributed by atoms with Gasteiger partial charge in [-0.05, 0) is 24.5 Å². The van der Waals surface area contributed by atoms with Gasteiger partial charge in [-0.2, -0.15) is 39.5 Å². The van der Waals surface area contributed by atoms with Gasteiger partial charge in [0.2, 0.25) is 0 Å². The first-order valence-electron chi connectivity index (χ1n) is 13.2. The van der Waals surface area contributed by atoms with Gasteiger partial charge >= 0.3 is 36.4 Å². The molecular formula is C25H32F9N3O9. The van der Waals surface area contributed by atoms with Crippen LogP contribution in [0.15, 0.2) is 24.5 Å². The Balaban J connectivity index is 0.000000413. The molecule has 4 rings (SSSR count). The first kappa shape index (κ1) is 40.8. The van der Waals surface area contributed by atoms with Crippen LogP contribution in [0.1, 0.15) is 18.4 Å². The van der Waals surface area contributed by atoms with Crippen LogP contribution in [0.25, 0.3) is 0 Å². The molecule has 1 spiro atoms. The van der Waals surface area contributed by atoms with E-state index < -0.39 is 36.4 Å². The lowest BCUT2D eigenvalue weighted by atomic mass is 10.00. The molecule has 0 amide bonds. The van der Waals surface area contributed by atoms with Gasteiger partial charge in [0.25, 0.3) is 0 Å². The molecule has 0 bridgehead atoms. The van der Waals surface area contributed by atoms with Crippen molar-refractivity contribution in [3.63, 3.8) is 0 Å². The van der Waals surface area contributed by atoms with E-state index in [-0.39, 0.29) is 5.60 Å². The van der Waals surface area contributed by atoms with E-state index >= 15 is 0 Å². The van der Waals surface area contributed by atoms with E-state index in [1.807, 2.05) is 18.5 Å². The second kappa shape index (κ2) is 18.2. The highest BCUT2D eigenvalue weighted by Gasteiger charge is 2.43. The van der Waals surface area contributed by atoms with Crippen LogP contribution < -0.4 is 0 Å². The SMILES string of the molecule is O=C(O)C(F)(F)F.O=C(O)C(F)(F)F.O=C(O)C(F)(F)F.c1cncc(CN2CCOCC3(CCC(CN4CCOCC4)O3)C2)c1. The van der Waals surface area contributed by atoms with Gasteiger partial charge in [-0.15, -0.1) is 0 Å². The Hall–Kier alpha value is -3.27. The van der Waals surface area contributed by atoms with E-state index in [2.05, 4.69) is 20.9 Å². The van der Waals surface area contributed by atoms with Crippen LogP contribution in [0.4, 0.5) is 39.5 Å². The maximum Gasteiger partial charge on any atom is 0.490 e. The number of carbonyl (C=O) groups is 3. The normalized spacial score (nSPS) is 22.6. The van der Waals surface area contributed by atoms with E-state index in [0.29, 0.717) is 6.10 Å². The molecule has 12 nitrogen and oxygen atoms in total. The number of carboxylic acid groups (broad SMARTS) is 3. The summed E-state index contributed by atoms with van der Waals surface area (Å²) in [6.45, 7) is 9.07. The molecule has 3 aliphatic rings. The van der Waals surface area contributed by atoms with Crippen LogP contribution in [0.2, 0.25) is 0 Å². The van der Waals surface area contributed by atoms with E-state index in [4.69, 9.17) is 43.9 Å². The van der Waals surface area contributed by atoms with E-state index in [0.717, 1.165) is 78.5 Å². The number of rotatable bonds is 4. The lowest BCUT2D eigenvalue weighted by Gasteiger charge is -2.33. The molecular weight excluding hydrogens is 657 g/mol. The minimum absolute atomic E-state index is 0.143. The van der Waals surface area contributed by atoms with Gasteiger partial charge in [-0.3, -0.25) is 14.8 Å². The highest BCUT2D eigenvalue weighted by Crippen LogP contribution is 2.34. The number of morpholine rings is 1. The number of aromatic nitrogens is 1. The zero-order chi connectivity index (χ0) is 35.2. The van der Waals surface area contributed by atoms with E-state index in [1.54, 1.807) is 0 Å². The summed E-state index contributed by atoms with van der Waals surface area (Å²) >= 11 is 0. The second-order valence-electron chi connectivity index (χ2n) is 9.91. The van der Waals surface area contributed by atoms with Crippen LogP contribution in [0, 0.1) is 0 Å². The Bertz CT molecular complexity index is 1030. The van der Waals surface area contributed by atoms with Crippen molar-refractivity contribution < 1.29 is 83.4 Å². The fourth-order valence-electron chi connectivity index (χ4n) is 4.19. The summed E-state index contributed by atoms with van der Waals surface area (Å²) in [5, 5.41) is 21.4. The Morgan fingerprint density at radius 1 is 0.826 bits per heavy atom. The smallest absolute Gasteiger partial charge is 0.475 e. The molecule has 1 aromatic rings. The molecule has 0 aliphatic carbocycles. The average molecular weight is 690 g/mol. The van der Waals surface area contributed by atoms with Crippen molar-refractivity contribution in [1.82, 2.24) is 14.8 Å². The first-order chi connectivity index (χ1) is 21.1. The van der Waals surface area contributed by atoms with Crippen molar-refractivity contribution >= 4 is 17.9 Å². The molecule has 21 heteroatoms. The molecule has 4 heterocycles. The third-order valence-corrected chi connectivity index (χ3v) is 6.19. The highest BCUT2D eigenvalue weighted by atomic mass is 19.4. The Kier molecular flexibility index (Phi) is 16.1. The summed E-state index contributed by atoms with van der Waals surface area (Å²) in [7, 11) is 0. The number of halogens is 9. The molecule has 0 aromatic carbocycles. The number of aliphatic carboxylic acids is 3. The van der Waals surface area contributed by atoms with Crippen molar-refractivity contribution in [3.8, 4) is 0 Å². The first-order valence-corrected chi connectivity index (χ1v) is 13.2. The van der Waals surface area contributed by atoms with Crippen molar-refractivity contribution in [2.45, 2.75) is 49.6 Å². The maximum atomic E-state index is 10.6. The highest BCUT2D eigenvalue weighted by molar-refractivity contribution is 5.73. The third kappa shape index (κ3) is 16.3. The minimum atomic E-state index is -5.08.